The highest BCUT2D eigenvalue weighted by molar-refractivity contribution is 5.56. The third-order valence-corrected chi connectivity index (χ3v) is 3.78. The van der Waals surface area contributed by atoms with Gasteiger partial charge in [0, 0.05) is 23.8 Å². The molecule has 0 saturated carbocycles. The first-order valence-corrected chi connectivity index (χ1v) is 6.67. The Balaban J connectivity index is 2.31. The maximum Gasteiger partial charge on any atom is 0.0807 e. The van der Waals surface area contributed by atoms with E-state index in [1.165, 1.54) is 12.1 Å². The average Bonchev–Trinajstić information content (AvgIpc) is 2.67. The molecule has 1 heterocycles. The summed E-state index contributed by atoms with van der Waals surface area (Å²) < 4.78 is 0. The lowest BCUT2D eigenvalue weighted by molar-refractivity contribution is 0.174. The van der Waals surface area contributed by atoms with Crippen molar-refractivity contribution >= 4 is 5.69 Å². The first-order chi connectivity index (χ1) is 8.13. The van der Waals surface area contributed by atoms with E-state index in [0.717, 1.165) is 24.4 Å². The normalized spacial score (nSPS) is 26.2. The van der Waals surface area contributed by atoms with Gasteiger partial charge in [-0.05, 0) is 31.7 Å². The first-order valence-electron chi connectivity index (χ1n) is 6.67. The van der Waals surface area contributed by atoms with Crippen molar-refractivity contribution in [1.82, 2.24) is 0 Å². The van der Waals surface area contributed by atoms with Crippen LogP contribution in [0.4, 0.5) is 5.69 Å². The van der Waals surface area contributed by atoms with Crippen LogP contribution < -0.4 is 4.90 Å². The minimum absolute atomic E-state index is 0.339. The number of para-hydroxylation sites is 1. The van der Waals surface area contributed by atoms with Gasteiger partial charge in [-0.3, -0.25) is 0 Å². The molecule has 1 N–H and O–H groups in total. The zero-order chi connectivity index (χ0) is 12.4. The highest BCUT2D eigenvalue weighted by Gasteiger charge is 2.28. The molecule has 0 aromatic heterocycles. The Labute approximate surface area is 104 Å². The molecule has 94 valence electrons. The molecule has 0 spiro atoms. The van der Waals surface area contributed by atoms with Gasteiger partial charge >= 0.3 is 0 Å². The summed E-state index contributed by atoms with van der Waals surface area (Å²) in [5.74, 6) is 0.747. The van der Waals surface area contributed by atoms with E-state index in [1.807, 2.05) is 13.0 Å². The average molecular weight is 233 g/mol. The van der Waals surface area contributed by atoms with Gasteiger partial charge in [-0.15, -0.1) is 0 Å². The second-order valence-corrected chi connectivity index (χ2v) is 5.33. The number of rotatable bonds is 3. The summed E-state index contributed by atoms with van der Waals surface area (Å²) in [5.41, 5.74) is 2.30. The predicted octanol–water partition coefficient (Wildman–Crippen LogP) is 3.36. The third kappa shape index (κ3) is 2.47. The van der Waals surface area contributed by atoms with Gasteiger partial charge in [-0.2, -0.15) is 0 Å². The van der Waals surface area contributed by atoms with Crippen molar-refractivity contribution in [3.8, 4) is 0 Å². The molecule has 0 radical (unpaired) electrons. The van der Waals surface area contributed by atoms with E-state index < -0.39 is 0 Å². The topological polar surface area (TPSA) is 23.5 Å². The molecule has 2 nitrogen and oxygen atoms in total. The number of aliphatic hydroxyl groups excluding tert-OH is 1. The minimum Gasteiger partial charge on any atom is -0.388 e. The van der Waals surface area contributed by atoms with E-state index in [4.69, 9.17) is 0 Å². The fourth-order valence-corrected chi connectivity index (χ4v) is 2.89. The van der Waals surface area contributed by atoms with Crippen LogP contribution in [0.25, 0.3) is 0 Å². The SMILES string of the molecule is CC[C@H](O)c1ccccc1N1CC(C)CC1C. The Morgan fingerprint density at radius 1 is 1.35 bits per heavy atom. The predicted molar refractivity (Wildman–Crippen MR) is 72.3 cm³/mol. The van der Waals surface area contributed by atoms with Crippen LogP contribution in [0.15, 0.2) is 24.3 Å². The van der Waals surface area contributed by atoms with Crippen LogP contribution in [0.1, 0.15) is 45.3 Å². The molecule has 1 aliphatic rings. The standard InChI is InChI=1S/C15H23NO/c1-4-15(17)13-7-5-6-8-14(13)16-10-11(2)9-12(16)3/h5-8,11-12,15,17H,4,9-10H2,1-3H3/t11?,12?,15-/m0/s1. The Morgan fingerprint density at radius 3 is 2.65 bits per heavy atom. The summed E-state index contributed by atoms with van der Waals surface area (Å²) >= 11 is 0. The molecule has 1 aromatic carbocycles. The lowest BCUT2D eigenvalue weighted by Crippen LogP contribution is -2.28. The van der Waals surface area contributed by atoms with Crippen LogP contribution in [0.5, 0.6) is 0 Å². The highest BCUT2D eigenvalue weighted by Crippen LogP contribution is 2.34. The van der Waals surface area contributed by atoms with E-state index in [0.29, 0.717) is 6.04 Å². The van der Waals surface area contributed by atoms with E-state index in [1.54, 1.807) is 0 Å². The van der Waals surface area contributed by atoms with E-state index >= 15 is 0 Å². The summed E-state index contributed by atoms with van der Waals surface area (Å²) in [4.78, 5) is 2.44. The number of aliphatic hydroxyl groups is 1. The summed E-state index contributed by atoms with van der Waals surface area (Å²) in [5, 5.41) is 10.1. The van der Waals surface area contributed by atoms with Crippen molar-refractivity contribution in [3.63, 3.8) is 0 Å². The molecule has 1 saturated heterocycles. The maximum atomic E-state index is 10.1. The van der Waals surface area contributed by atoms with E-state index in [2.05, 4.69) is 36.9 Å². The molecule has 2 unspecified atom stereocenters. The van der Waals surface area contributed by atoms with Crippen LogP contribution in [-0.4, -0.2) is 17.7 Å². The van der Waals surface area contributed by atoms with Crippen LogP contribution in [0.2, 0.25) is 0 Å². The van der Waals surface area contributed by atoms with Crippen molar-refractivity contribution in [2.45, 2.75) is 45.8 Å². The molecule has 1 aliphatic heterocycles. The zero-order valence-corrected chi connectivity index (χ0v) is 11.1. The molecular weight excluding hydrogens is 210 g/mol. The van der Waals surface area contributed by atoms with E-state index in [9.17, 15) is 5.11 Å². The van der Waals surface area contributed by atoms with Gasteiger partial charge < -0.3 is 10.0 Å². The maximum absolute atomic E-state index is 10.1. The number of anilines is 1. The van der Waals surface area contributed by atoms with Crippen LogP contribution >= 0.6 is 0 Å². The van der Waals surface area contributed by atoms with Gasteiger partial charge in [0.2, 0.25) is 0 Å². The molecule has 0 bridgehead atoms. The molecular formula is C15H23NO. The van der Waals surface area contributed by atoms with Crippen molar-refractivity contribution in [2.75, 3.05) is 11.4 Å². The zero-order valence-electron chi connectivity index (χ0n) is 11.1. The Hall–Kier alpha value is -1.02. The second-order valence-electron chi connectivity index (χ2n) is 5.33. The number of nitrogens with zero attached hydrogens (tertiary/aromatic N) is 1. The lowest BCUT2D eigenvalue weighted by Gasteiger charge is -2.28. The lowest BCUT2D eigenvalue weighted by atomic mass is 10.0. The molecule has 17 heavy (non-hydrogen) atoms. The fourth-order valence-electron chi connectivity index (χ4n) is 2.89. The second kappa shape index (κ2) is 5.09. The monoisotopic (exact) mass is 233 g/mol. The van der Waals surface area contributed by atoms with Gasteiger partial charge in [-0.25, -0.2) is 0 Å². The minimum atomic E-state index is -0.339. The van der Waals surface area contributed by atoms with Gasteiger partial charge in [0.1, 0.15) is 0 Å². The number of benzene rings is 1. The Bertz CT molecular complexity index is 377. The molecule has 3 atom stereocenters. The molecule has 0 amide bonds. The Morgan fingerprint density at radius 2 is 2.06 bits per heavy atom. The van der Waals surface area contributed by atoms with Crippen molar-refractivity contribution < 1.29 is 5.11 Å². The molecule has 1 aromatic rings. The van der Waals surface area contributed by atoms with Crippen LogP contribution in [-0.2, 0) is 0 Å². The van der Waals surface area contributed by atoms with Gasteiger partial charge in [0.05, 0.1) is 6.10 Å². The van der Waals surface area contributed by atoms with Gasteiger partial charge in [-0.1, -0.05) is 32.0 Å². The largest absolute Gasteiger partial charge is 0.388 e. The highest BCUT2D eigenvalue weighted by atomic mass is 16.3. The number of hydrogen-bond donors (Lipinski definition) is 1. The summed E-state index contributed by atoms with van der Waals surface area (Å²) in [6.07, 6.45) is 1.68. The first kappa shape index (κ1) is 12.4. The summed E-state index contributed by atoms with van der Waals surface area (Å²) in [7, 11) is 0. The van der Waals surface area contributed by atoms with Crippen molar-refractivity contribution in [2.24, 2.45) is 5.92 Å². The van der Waals surface area contributed by atoms with Gasteiger partial charge in [0.25, 0.3) is 0 Å². The van der Waals surface area contributed by atoms with Crippen molar-refractivity contribution in [3.05, 3.63) is 29.8 Å². The summed E-state index contributed by atoms with van der Waals surface area (Å²) in [6, 6.07) is 8.86. The summed E-state index contributed by atoms with van der Waals surface area (Å²) in [6.45, 7) is 7.71. The smallest absolute Gasteiger partial charge is 0.0807 e. The Kier molecular flexibility index (Phi) is 3.72. The van der Waals surface area contributed by atoms with Crippen molar-refractivity contribution in [1.29, 1.82) is 0 Å². The quantitative estimate of drug-likeness (QED) is 0.865. The molecule has 2 heteroatoms. The van der Waals surface area contributed by atoms with Crippen LogP contribution in [0.3, 0.4) is 0 Å². The molecule has 2 rings (SSSR count). The molecule has 1 fully saturated rings. The fraction of sp³-hybridized carbons (Fsp3) is 0.600. The number of hydrogen-bond acceptors (Lipinski definition) is 2. The van der Waals surface area contributed by atoms with E-state index in [-0.39, 0.29) is 6.10 Å². The van der Waals surface area contributed by atoms with Crippen LogP contribution in [0, 0.1) is 5.92 Å². The third-order valence-electron chi connectivity index (χ3n) is 3.78. The molecule has 0 aliphatic carbocycles. The van der Waals surface area contributed by atoms with Gasteiger partial charge in [0.15, 0.2) is 0 Å².